The highest BCUT2D eigenvalue weighted by molar-refractivity contribution is 8.00. The van der Waals surface area contributed by atoms with Crippen molar-refractivity contribution in [3.05, 3.63) is 65.5 Å². The van der Waals surface area contributed by atoms with Gasteiger partial charge in [-0.1, -0.05) is 23.8 Å². The Morgan fingerprint density at radius 3 is 2.30 bits per heavy atom. The number of anilines is 2. The molecular formula is C22H18ClFN2O3S. The lowest BCUT2D eigenvalue weighted by Gasteiger charge is -2.15. The zero-order valence-electron chi connectivity index (χ0n) is 15.8. The van der Waals surface area contributed by atoms with Crippen LogP contribution in [0.3, 0.4) is 0 Å². The van der Waals surface area contributed by atoms with Crippen LogP contribution >= 0.6 is 23.4 Å². The number of fused-ring (bicyclic) bond motifs is 1. The molecule has 1 aliphatic heterocycles. The molecule has 2 aromatic rings. The van der Waals surface area contributed by atoms with E-state index in [0.29, 0.717) is 24.2 Å². The second-order valence-corrected chi connectivity index (χ2v) is 8.58. The summed E-state index contributed by atoms with van der Waals surface area (Å²) in [6.45, 7) is 0. The highest BCUT2D eigenvalue weighted by Crippen LogP contribution is 2.38. The summed E-state index contributed by atoms with van der Waals surface area (Å²) in [5.74, 6) is -1.48. The SMILES string of the molecule is O=C(CSc1ccc(N2C(=O)[C@H]3CC=CC[C@H]3C2=O)cc1)Nc1ccc(F)c(Cl)c1. The maximum atomic E-state index is 13.2. The van der Waals surface area contributed by atoms with Crippen LogP contribution in [0.4, 0.5) is 15.8 Å². The van der Waals surface area contributed by atoms with Crippen molar-refractivity contribution in [1.82, 2.24) is 0 Å². The minimum absolute atomic E-state index is 0.0577. The number of allylic oxidation sites excluding steroid dienone is 2. The van der Waals surface area contributed by atoms with E-state index >= 15 is 0 Å². The molecule has 154 valence electrons. The molecule has 1 saturated heterocycles. The van der Waals surface area contributed by atoms with Gasteiger partial charge in [0.25, 0.3) is 0 Å². The first kappa shape index (κ1) is 20.6. The highest BCUT2D eigenvalue weighted by Gasteiger charge is 2.47. The maximum Gasteiger partial charge on any atom is 0.238 e. The molecule has 8 heteroatoms. The van der Waals surface area contributed by atoms with Gasteiger partial charge in [0.2, 0.25) is 17.7 Å². The number of halogens is 2. The van der Waals surface area contributed by atoms with Crippen molar-refractivity contribution in [2.45, 2.75) is 17.7 Å². The second kappa shape index (κ2) is 8.62. The number of carbonyl (C=O) groups excluding carboxylic acids is 3. The molecule has 1 fully saturated rings. The van der Waals surface area contributed by atoms with Crippen molar-refractivity contribution in [2.24, 2.45) is 11.8 Å². The predicted molar refractivity (Wildman–Crippen MR) is 115 cm³/mol. The average molecular weight is 445 g/mol. The van der Waals surface area contributed by atoms with Crippen LogP contribution in [-0.4, -0.2) is 23.5 Å². The van der Waals surface area contributed by atoms with Crippen LogP contribution in [0, 0.1) is 17.7 Å². The fourth-order valence-electron chi connectivity index (χ4n) is 3.67. The van der Waals surface area contributed by atoms with E-state index in [0.717, 1.165) is 4.90 Å². The number of hydrogen-bond donors (Lipinski definition) is 1. The fraction of sp³-hybridized carbons (Fsp3) is 0.227. The summed E-state index contributed by atoms with van der Waals surface area (Å²) in [7, 11) is 0. The van der Waals surface area contributed by atoms with Gasteiger partial charge in [-0.05, 0) is 55.3 Å². The Morgan fingerprint density at radius 2 is 1.70 bits per heavy atom. The molecule has 0 saturated carbocycles. The van der Waals surface area contributed by atoms with Crippen molar-refractivity contribution in [1.29, 1.82) is 0 Å². The molecule has 0 bridgehead atoms. The largest absolute Gasteiger partial charge is 0.325 e. The van der Waals surface area contributed by atoms with Gasteiger partial charge in [0.05, 0.1) is 28.3 Å². The van der Waals surface area contributed by atoms with Gasteiger partial charge in [0.15, 0.2) is 0 Å². The number of carbonyl (C=O) groups is 3. The van der Waals surface area contributed by atoms with Gasteiger partial charge in [0.1, 0.15) is 5.82 Å². The monoisotopic (exact) mass is 444 g/mol. The van der Waals surface area contributed by atoms with E-state index in [1.165, 1.54) is 34.9 Å². The van der Waals surface area contributed by atoms with Gasteiger partial charge in [-0.2, -0.15) is 0 Å². The summed E-state index contributed by atoms with van der Waals surface area (Å²) in [6, 6.07) is 11.0. The maximum absolute atomic E-state index is 13.2. The quantitative estimate of drug-likeness (QED) is 0.413. The molecule has 5 nitrogen and oxygen atoms in total. The molecule has 0 aromatic heterocycles. The number of benzene rings is 2. The minimum Gasteiger partial charge on any atom is -0.325 e. The molecule has 1 heterocycles. The van der Waals surface area contributed by atoms with Gasteiger partial charge in [-0.3, -0.25) is 19.3 Å². The third-order valence-corrected chi connectivity index (χ3v) is 6.48. The summed E-state index contributed by atoms with van der Waals surface area (Å²) >= 11 is 7.02. The van der Waals surface area contributed by atoms with Crippen LogP contribution < -0.4 is 10.2 Å². The lowest BCUT2D eigenvalue weighted by Crippen LogP contribution is -2.30. The molecule has 2 atom stereocenters. The summed E-state index contributed by atoms with van der Waals surface area (Å²) in [5.41, 5.74) is 0.971. The first-order chi connectivity index (χ1) is 14.4. The fourth-order valence-corrected chi connectivity index (χ4v) is 4.55. The molecule has 1 aliphatic carbocycles. The van der Waals surface area contributed by atoms with E-state index in [1.54, 1.807) is 24.3 Å². The number of nitrogens with zero attached hydrogens (tertiary/aromatic N) is 1. The van der Waals surface area contributed by atoms with Gasteiger partial charge in [-0.25, -0.2) is 4.39 Å². The Kier molecular flexibility index (Phi) is 5.92. The van der Waals surface area contributed by atoms with Crippen LogP contribution in [0.2, 0.25) is 5.02 Å². The van der Waals surface area contributed by atoms with E-state index < -0.39 is 5.82 Å². The summed E-state index contributed by atoms with van der Waals surface area (Å²) in [5, 5.41) is 2.60. The van der Waals surface area contributed by atoms with Crippen molar-refractivity contribution >= 4 is 52.5 Å². The molecule has 30 heavy (non-hydrogen) atoms. The second-order valence-electron chi connectivity index (χ2n) is 7.13. The van der Waals surface area contributed by atoms with Crippen molar-refractivity contribution < 1.29 is 18.8 Å². The van der Waals surface area contributed by atoms with E-state index in [2.05, 4.69) is 5.32 Å². The zero-order chi connectivity index (χ0) is 21.3. The number of rotatable bonds is 5. The normalized spacial score (nSPS) is 20.4. The lowest BCUT2D eigenvalue weighted by atomic mass is 9.85. The molecule has 3 amide bonds. The van der Waals surface area contributed by atoms with Crippen molar-refractivity contribution in [2.75, 3.05) is 16.0 Å². The first-order valence-electron chi connectivity index (χ1n) is 9.44. The Bertz CT molecular complexity index is 1020. The van der Waals surface area contributed by atoms with Gasteiger partial charge < -0.3 is 5.32 Å². The van der Waals surface area contributed by atoms with Gasteiger partial charge >= 0.3 is 0 Å². The molecule has 0 unspecified atom stereocenters. The molecular weight excluding hydrogens is 427 g/mol. The predicted octanol–water partition coefficient (Wildman–Crippen LogP) is 4.67. The Balaban J connectivity index is 1.36. The Hall–Kier alpha value is -2.64. The van der Waals surface area contributed by atoms with Crippen LogP contribution in [0.15, 0.2) is 59.5 Å². The van der Waals surface area contributed by atoms with E-state index in [-0.39, 0.29) is 40.3 Å². The van der Waals surface area contributed by atoms with E-state index in [4.69, 9.17) is 11.6 Å². The lowest BCUT2D eigenvalue weighted by molar-refractivity contribution is -0.122. The van der Waals surface area contributed by atoms with Crippen LogP contribution in [0.5, 0.6) is 0 Å². The van der Waals surface area contributed by atoms with Gasteiger partial charge in [0, 0.05) is 10.6 Å². The third-order valence-electron chi connectivity index (χ3n) is 5.18. The standard InChI is InChI=1S/C22H18ClFN2O3S/c23-18-11-13(5-10-19(18)24)25-20(27)12-30-15-8-6-14(7-9-15)26-21(28)16-3-1-2-4-17(16)22(26)29/h1-2,5-11,16-17H,3-4,12H2,(H,25,27)/t16-,17+. The summed E-state index contributed by atoms with van der Waals surface area (Å²) in [4.78, 5) is 39.5. The number of hydrogen-bond acceptors (Lipinski definition) is 4. The van der Waals surface area contributed by atoms with Crippen LogP contribution in [-0.2, 0) is 14.4 Å². The van der Waals surface area contributed by atoms with Crippen LogP contribution in [0.25, 0.3) is 0 Å². The van der Waals surface area contributed by atoms with Crippen molar-refractivity contribution in [3.8, 4) is 0 Å². The van der Waals surface area contributed by atoms with Crippen LogP contribution in [0.1, 0.15) is 12.8 Å². The minimum atomic E-state index is -0.547. The zero-order valence-corrected chi connectivity index (χ0v) is 17.4. The molecule has 4 rings (SSSR count). The summed E-state index contributed by atoms with van der Waals surface area (Å²) < 4.78 is 13.2. The average Bonchev–Trinajstić information content (AvgIpc) is 3.00. The molecule has 0 radical (unpaired) electrons. The molecule has 2 aliphatic rings. The topological polar surface area (TPSA) is 66.5 Å². The third kappa shape index (κ3) is 4.13. The molecule has 2 aromatic carbocycles. The Labute approximate surface area is 182 Å². The Morgan fingerprint density at radius 1 is 1.07 bits per heavy atom. The van der Waals surface area contributed by atoms with Gasteiger partial charge in [-0.15, -0.1) is 11.8 Å². The smallest absolute Gasteiger partial charge is 0.238 e. The number of nitrogens with one attached hydrogen (secondary N) is 1. The molecule has 1 N–H and O–H groups in total. The van der Waals surface area contributed by atoms with E-state index in [9.17, 15) is 18.8 Å². The van der Waals surface area contributed by atoms with Crippen molar-refractivity contribution in [3.63, 3.8) is 0 Å². The van der Waals surface area contributed by atoms with E-state index in [1.807, 2.05) is 12.2 Å². The number of thioether (sulfide) groups is 1. The number of amides is 3. The number of imide groups is 1. The summed E-state index contributed by atoms with van der Waals surface area (Å²) in [6.07, 6.45) is 5.13. The molecule has 0 spiro atoms. The first-order valence-corrected chi connectivity index (χ1v) is 10.8. The highest BCUT2D eigenvalue weighted by atomic mass is 35.5.